The van der Waals surface area contributed by atoms with Gasteiger partial charge in [0.25, 0.3) is 0 Å². The molecular formula is C17H26N2O2. The Hall–Kier alpha value is -1.55. The molecule has 0 bridgehead atoms. The molecule has 2 atom stereocenters. The van der Waals surface area contributed by atoms with Crippen molar-refractivity contribution in [2.24, 2.45) is 5.73 Å². The summed E-state index contributed by atoms with van der Waals surface area (Å²) >= 11 is 0. The lowest BCUT2D eigenvalue weighted by Gasteiger charge is -2.37. The van der Waals surface area contributed by atoms with Crippen LogP contribution in [-0.4, -0.2) is 35.7 Å². The minimum absolute atomic E-state index is 0.00225. The highest BCUT2D eigenvalue weighted by molar-refractivity contribution is 5.68. The molecule has 0 aromatic heterocycles. The van der Waals surface area contributed by atoms with E-state index in [1.165, 1.54) is 11.1 Å². The Bertz CT molecular complexity index is 491. The van der Waals surface area contributed by atoms with Gasteiger partial charge in [0.15, 0.2) is 0 Å². The third-order valence-corrected chi connectivity index (χ3v) is 3.68. The van der Waals surface area contributed by atoms with E-state index in [0.717, 1.165) is 6.42 Å². The molecule has 0 radical (unpaired) electrons. The molecule has 0 unspecified atom stereocenters. The SMILES string of the molecule is Cc1ccc([C@H]2C[C@H](N)CN(C(=O)OC(C)(C)C)C2)cc1. The second-order valence-electron chi connectivity index (χ2n) is 6.99. The largest absolute Gasteiger partial charge is 0.444 e. The molecular weight excluding hydrogens is 264 g/mol. The number of nitrogens with two attached hydrogens (primary N) is 1. The number of rotatable bonds is 1. The van der Waals surface area contributed by atoms with E-state index in [2.05, 4.69) is 31.2 Å². The smallest absolute Gasteiger partial charge is 0.410 e. The zero-order chi connectivity index (χ0) is 15.6. The molecule has 1 amide bonds. The predicted octanol–water partition coefficient (Wildman–Crippen LogP) is 3.05. The second kappa shape index (κ2) is 6.06. The normalized spacial score (nSPS) is 23.0. The van der Waals surface area contributed by atoms with Gasteiger partial charge in [0, 0.05) is 25.0 Å². The van der Waals surface area contributed by atoms with Gasteiger partial charge in [0.05, 0.1) is 0 Å². The number of piperidine rings is 1. The lowest BCUT2D eigenvalue weighted by molar-refractivity contribution is 0.0181. The molecule has 0 aliphatic carbocycles. The summed E-state index contributed by atoms with van der Waals surface area (Å²) in [6.45, 7) is 8.96. The fourth-order valence-electron chi connectivity index (χ4n) is 2.69. The molecule has 0 saturated carbocycles. The van der Waals surface area contributed by atoms with Crippen molar-refractivity contribution in [2.75, 3.05) is 13.1 Å². The third kappa shape index (κ3) is 4.46. The van der Waals surface area contributed by atoms with E-state index >= 15 is 0 Å². The number of benzene rings is 1. The van der Waals surface area contributed by atoms with Crippen LogP contribution in [0.5, 0.6) is 0 Å². The fraction of sp³-hybridized carbons (Fsp3) is 0.588. The number of ether oxygens (including phenoxy) is 1. The van der Waals surface area contributed by atoms with E-state index in [4.69, 9.17) is 10.5 Å². The quantitative estimate of drug-likeness (QED) is 0.865. The van der Waals surface area contributed by atoms with Crippen molar-refractivity contribution >= 4 is 6.09 Å². The van der Waals surface area contributed by atoms with Crippen LogP contribution in [0.3, 0.4) is 0 Å². The Balaban J connectivity index is 2.08. The van der Waals surface area contributed by atoms with Crippen LogP contribution < -0.4 is 5.73 Å². The average molecular weight is 290 g/mol. The fourth-order valence-corrected chi connectivity index (χ4v) is 2.69. The molecule has 1 saturated heterocycles. The van der Waals surface area contributed by atoms with Crippen molar-refractivity contribution in [3.8, 4) is 0 Å². The zero-order valence-electron chi connectivity index (χ0n) is 13.4. The number of hydrogen-bond acceptors (Lipinski definition) is 3. The van der Waals surface area contributed by atoms with E-state index < -0.39 is 5.60 Å². The number of hydrogen-bond donors (Lipinski definition) is 1. The van der Waals surface area contributed by atoms with E-state index in [0.29, 0.717) is 13.1 Å². The summed E-state index contributed by atoms with van der Waals surface area (Å²) in [7, 11) is 0. The maximum atomic E-state index is 12.2. The number of aryl methyl sites for hydroxylation is 1. The van der Waals surface area contributed by atoms with Gasteiger partial charge < -0.3 is 15.4 Å². The second-order valence-corrected chi connectivity index (χ2v) is 6.99. The lowest BCUT2D eigenvalue weighted by atomic mass is 9.88. The molecule has 1 fully saturated rings. The molecule has 1 aromatic rings. The summed E-state index contributed by atoms with van der Waals surface area (Å²) in [5.74, 6) is 0.280. The third-order valence-electron chi connectivity index (χ3n) is 3.68. The van der Waals surface area contributed by atoms with Crippen molar-refractivity contribution in [1.29, 1.82) is 0 Å². The van der Waals surface area contributed by atoms with Gasteiger partial charge in [0.1, 0.15) is 5.60 Å². The summed E-state index contributed by atoms with van der Waals surface area (Å²) in [6.07, 6.45) is 0.636. The summed E-state index contributed by atoms with van der Waals surface area (Å²) in [6, 6.07) is 8.47. The van der Waals surface area contributed by atoms with Crippen molar-refractivity contribution in [2.45, 2.75) is 51.7 Å². The van der Waals surface area contributed by atoms with Gasteiger partial charge in [-0.2, -0.15) is 0 Å². The predicted molar refractivity (Wildman–Crippen MR) is 84.3 cm³/mol. The number of carbonyl (C=O) groups excluding carboxylic acids is 1. The molecule has 2 N–H and O–H groups in total. The van der Waals surface area contributed by atoms with Crippen LogP contribution in [0.4, 0.5) is 4.79 Å². The minimum atomic E-state index is -0.474. The molecule has 1 aliphatic heterocycles. The first kappa shape index (κ1) is 15.8. The number of likely N-dealkylation sites (tertiary alicyclic amines) is 1. The number of carbonyl (C=O) groups is 1. The van der Waals surface area contributed by atoms with Crippen molar-refractivity contribution in [3.63, 3.8) is 0 Å². The first-order valence-electron chi connectivity index (χ1n) is 7.54. The minimum Gasteiger partial charge on any atom is -0.444 e. The van der Waals surface area contributed by atoms with Gasteiger partial charge in [-0.15, -0.1) is 0 Å². The highest BCUT2D eigenvalue weighted by Gasteiger charge is 2.31. The number of amides is 1. The standard InChI is InChI=1S/C17H26N2O2/c1-12-5-7-13(8-6-12)14-9-15(18)11-19(10-14)16(20)21-17(2,3)4/h5-8,14-15H,9-11,18H2,1-4H3/t14-,15-/m0/s1. The topological polar surface area (TPSA) is 55.6 Å². The van der Waals surface area contributed by atoms with Crippen LogP contribution in [0.2, 0.25) is 0 Å². The van der Waals surface area contributed by atoms with Crippen LogP contribution in [0.25, 0.3) is 0 Å². The van der Waals surface area contributed by atoms with E-state index in [-0.39, 0.29) is 18.1 Å². The first-order chi connectivity index (χ1) is 9.74. The van der Waals surface area contributed by atoms with Gasteiger partial charge in [-0.05, 0) is 39.7 Å². The Kier molecular flexibility index (Phi) is 4.57. The summed E-state index contributed by atoms with van der Waals surface area (Å²) < 4.78 is 5.46. The van der Waals surface area contributed by atoms with E-state index in [9.17, 15) is 4.79 Å². The van der Waals surface area contributed by atoms with Gasteiger partial charge >= 0.3 is 6.09 Å². The van der Waals surface area contributed by atoms with Crippen LogP contribution in [0, 0.1) is 6.92 Å². The molecule has 4 heteroatoms. The maximum Gasteiger partial charge on any atom is 0.410 e. The van der Waals surface area contributed by atoms with Crippen LogP contribution >= 0.6 is 0 Å². The van der Waals surface area contributed by atoms with E-state index in [1.807, 2.05) is 20.8 Å². The van der Waals surface area contributed by atoms with Gasteiger partial charge in [-0.3, -0.25) is 0 Å². The summed E-state index contributed by atoms with van der Waals surface area (Å²) in [5.41, 5.74) is 8.14. The van der Waals surface area contributed by atoms with Crippen molar-refractivity contribution in [3.05, 3.63) is 35.4 Å². The molecule has 21 heavy (non-hydrogen) atoms. The highest BCUT2D eigenvalue weighted by atomic mass is 16.6. The molecule has 1 aliphatic rings. The summed E-state index contributed by atoms with van der Waals surface area (Å²) in [4.78, 5) is 14.0. The van der Waals surface area contributed by atoms with Gasteiger partial charge in [-0.1, -0.05) is 29.8 Å². The Morgan fingerprint density at radius 3 is 2.43 bits per heavy atom. The maximum absolute atomic E-state index is 12.2. The average Bonchev–Trinajstić information content (AvgIpc) is 2.36. The Labute approximate surface area is 127 Å². The monoisotopic (exact) mass is 290 g/mol. The van der Waals surface area contributed by atoms with Gasteiger partial charge in [0.2, 0.25) is 0 Å². The van der Waals surface area contributed by atoms with Gasteiger partial charge in [-0.25, -0.2) is 4.79 Å². The van der Waals surface area contributed by atoms with Crippen molar-refractivity contribution < 1.29 is 9.53 Å². The molecule has 4 nitrogen and oxygen atoms in total. The summed E-state index contributed by atoms with van der Waals surface area (Å²) in [5, 5.41) is 0. The molecule has 2 rings (SSSR count). The van der Waals surface area contributed by atoms with Crippen molar-refractivity contribution in [1.82, 2.24) is 4.90 Å². The van der Waals surface area contributed by atoms with Crippen LogP contribution in [0.1, 0.15) is 44.2 Å². The zero-order valence-corrected chi connectivity index (χ0v) is 13.4. The Morgan fingerprint density at radius 1 is 1.24 bits per heavy atom. The molecule has 0 spiro atoms. The molecule has 1 aromatic carbocycles. The first-order valence-corrected chi connectivity index (χ1v) is 7.54. The number of nitrogens with zero attached hydrogens (tertiary/aromatic N) is 1. The van der Waals surface area contributed by atoms with Crippen LogP contribution in [-0.2, 0) is 4.74 Å². The highest BCUT2D eigenvalue weighted by Crippen LogP contribution is 2.27. The Morgan fingerprint density at radius 2 is 1.86 bits per heavy atom. The molecule has 1 heterocycles. The van der Waals surface area contributed by atoms with E-state index in [1.54, 1.807) is 4.90 Å². The van der Waals surface area contributed by atoms with Crippen LogP contribution in [0.15, 0.2) is 24.3 Å². The molecule has 116 valence electrons. The lowest BCUT2D eigenvalue weighted by Crippen LogP contribution is -2.50.